The molecule has 35 heavy (non-hydrogen) atoms. The summed E-state index contributed by atoms with van der Waals surface area (Å²) in [6.45, 7) is 5.04. The molecule has 2 saturated heterocycles. The third-order valence-corrected chi connectivity index (χ3v) is 7.64. The first kappa shape index (κ1) is 23.8. The molecule has 1 aromatic carbocycles. The molecule has 0 radical (unpaired) electrons. The molecule has 0 spiro atoms. The Morgan fingerprint density at radius 3 is 2.74 bits per heavy atom. The highest BCUT2D eigenvalue weighted by Crippen LogP contribution is 2.75. The van der Waals surface area contributed by atoms with Gasteiger partial charge in [0.1, 0.15) is 11.5 Å². The molecule has 186 valence electrons. The average molecular weight is 488 g/mol. The summed E-state index contributed by atoms with van der Waals surface area (Å²) in [5, 5.41) is 12.8. The second-order valence-corrected chi connectivity index (χ2v) is 10.7. The van der Waals surface area contributed by atoms with Crippen LogP contribution in [0.15, 0.2) is 30.5 Å². The second kappa shape index (κ2) is 7.80. The van der Waals surface area contributed by atoms with Crippen LogP contribution < -0.4 is 10.2 Å². The molecule has 3 aliphatic rings. The van der Waals surface area contributed by atoms with Crippen LogP contribution in [0.1, 0.15) is 25.8 Å². The van der Waals surface area contributed by atoms with Gasteiger partial charge in [-0.25, -0.2) is 0 Å². The molecule has 7 nitrogen and oxygen atoms in total. The van der Waals surface area contributed by atoms with E-state index in [9.17, 15) is 23.2 Å². The lowest BCUT2D eigenvalue weighted by atomic mass is 9.94. The van der Waals surface area contributed by atoms with Crippen LogP contribution in [-0.4, -0.2) is 73.4 Å². The number of pyridine rings is 1. The van der Waals surface area contributed by atoms with Gasteiger partial charge < -0.3 is 19.9 Å². The smallest absolute Gasteiger partial charge is 0.369 e. The molecule has 1 N–H and O–H groups in total. The molecule has 2 aromatic rings. The Hall–Kier alpha value is -2.90. The predicted octanol–water partition coefficient (Wildman–Crippen LogP) is 3.09. The number of nitriles is 1. The molecule has 3 heterocycles. The molecule has 10 heteroatoms. The normalized spacial score (nSPS) is 30.1. The van der Waals surface area contributed by atoms with Gasteiger partial charge in [-0.3, -0.25) is 9.78 Å². The zero-order valence-corrected chi connectivity index (χ0v) is 19.9. The van der Waals surface area contributed by atoms with Crippen molar-refractivity contribution in [2.24, 2.45) is 10.8 Å². The van der Waals surface area contributed by atoms with E-state index >= 15 is 0 Å². The van der Waals surface area contributed by atoms with Gasteiger partial charge in [-0.15, -0.1) is 0 Å². The number of ether oxygens (including phenoxy) is 1. The van der Waals surface area contributed by atoms with E-state index in [1.165, 1.54) is 0 Å². The summed E-state index contributed by atoms with van der Waals surface area (Å²) in [7, 11) is 1.96. The van der Waals surface area contributed by atoms with Crippen molar-refractivity contribution >= 4 is 22.5 Å². The number of aromatic nitrogens is 1. The molecule has 3 atom stereocenters. The van der Waals surface area contributed by atoms with Crippen LogP contribution in [0.4, 0.5) is 18.9 Å². The lowest BCUT2D eigenvalue weighted by molar-refractivity contribution is -0.191. The fourth-order valence-electron chi connectivity index (χ4n) is 6.19. The SMILES string of the molecule is CN1C[C@H](CNC(=O)[C@]23CN(c4ccc(C#N)c5ncccc45)C[C@@]2(C(F)(F)F)C3)OC(C)(C)C1. The Kier molecular flexibility index (Phi) is 5.31. The number of fused-ring (bicyclic) bond motifs is 2. The van der Waals surface area contributed by atoms with Crippen molar-refractivity contribution in [3.05, 3.63) is 36.0 Å². The summed E-state index contributed by atoms with van der Waals surface area (Å²) in [5.74, 6) is -0.581. The fraction of sp³-hybridized carbons (Fsp3) is 0.560. The number of carbonyl (C=O) groups excluding carboxylic acids is 1. The van der Waals surface area contributed by atoms with E-state index in [1.807, 2.05) is 20.9 Å². The van der Waals surface area contributed by atoms with Crippen LogP contribution in [0, 0.1) is 22.2 Å². The Morgan fingerprint density at radius 1 is 1.29 bits per heavy atom. The number of piperidine rings is 1. The number of morpholine rings is 1. The minimum absolute atomic E-state index is 0.0504. The number of hydrogen-bond acceptors (Lipinski definition) is 6. The van der Waals surface area contributed by atoms with Crippen LogP contribution in [0.2, 0.25) is 0 Å². The molecule has 1 aliphatic carbocycles. The van der Waals surface area contributed by atoms with E-state index in [2.05, 4.69) is 21.3 Å². The standard InChI is InChI=1S/C25H28F3N5O2/c1-22(2)13-32(3)11-17(35-22)10-31-21(34)23-12-24(23,25(26,27)28)15-33(14-23)19-7-6-16(9-29)20-18(19)5-4-8-30-20/h4-8,17H,10-15H2,1-3H3,(H,31,34)/t17-,23-,24-/m0/s1. The van der Waals surface area contributed by atoms with E-state index in [-0.39, 0.29) is 32.2 Å². The molecule has 0 unspecified atom stereocenters. The van der Waals surface area contributed by atoms with Gasteiger partial charge in [0.2, 0.25) is 5.91 Å². The first-order valence-corrected chi connectivity index (χ1v) is 11.7. The highest BCUT2D eigenvalue weighted by molar-refractivity contribution is 5.97. The van der Waals surface area contributed by atoms with E-state index in [1.54, 1.807) is 35.4 Å². The highest BCUT2D eigenvalue weighted by atomic mass is 19.4. The minimum atomic E-state index is -4.52. The molecule has 1 aromatic heterocycles. The van der Waals surface area contributed by atoms with Gasteiger partial charge in [-0.05, 0) is 51.6 Å². The summed E-state index contributed by atoms with van der Waals surface area (Å²) < 4.78 is 49.1. The largest absolute Gasteiger partial charge is 0.397 e. The number of anilines is 1. The number of amides is 1. The third-order valence-electron chi connectivity index (χ3n) is 7.64. The van der Waals surface area contributed by atoms with Crippen molar-refractivity contribution in [1.29, 1.82) is 5.26 Å². The summed E-state index contributed by atoms with van der Waals surface area (Å²) in [4.78, 5) is 21.3. The van der Waals surface area contributed by atoms with Crippen molar-refractivity contribution in [2.75, 3.05) is 44.7 Å². The van der Waals surface area contributed by atoms with Crippen LogP contribution >= 0.6 is 0 Å². The van der Waals surface area contributed by atoms with Crippen LogP contribution in [0.25, 0.3) is 10.9 Å². The van der Waals surface area contributed by atoms with Crippen LogP contribution in [-0.2, 0) is 9.53 Å². The molecule has 0 bridgehead atoms. The summed E-state index contributed by atoms with van der Waals surface area (Å²) in [6, 6.07) is 8.73. The topological polar surface area (TPSA) is 81.5 Å². The van der Waals surface area contributed by atoms with Gasteiger partial charge in [0.15, 0.2) is 0 Å². The minimum Gasteiger partial charge on any atom is -0.369 e. The van der Waals surface area contributed by atoms with Crippen molar-refractivity contribution in [1.82, 2.24) is 15.2 Å². The predicted molar refractivity (Wildman–Crippen MR) is 124 cm³/mol. The Balaban J connectivity index is 1.41. The number of halogens is 3. The van der Waals surface area contributed by atoms with Gasteiger partial charge in [0.05, 0.1) is 28.2 Å². The molecule has 3 fully saturated rings. The van der Waals surface area contributed by atoms with Gasteiger partial charge in [0.25, 0.3) is 0 Å². The fourth-order valence-corrected chi connectivity index (χ4v) is 6.19. The lowest BCUT2D eigenvalue weighted by Gasteiger charge is -2.41. The zero-order valence-electron chi connectivity index (χ0n) is 19.9. The van der Waals surface area contributed by atoms with E-state index in [0.717, 1.165) is 6.54 Å². The number of hydrogen-bond donors (Lipinski definition) is 1. The van der Waals surface area contributed by atoms with E-state index < -0.39 is 28.5 Å². The van der Waals surface area contributed by atoms with Crippen molar-refractivity contribution in [3.8, 4) is 6.07 Å². The molecule has 1 saturated carbocycles. The number of benzene rings is 1. The number of carbonyl (C=O) groups is 1. The third kappa shape index (κ3) is 3.72. The maximum absolute atomic E-state index is 14.4. The van der Waals surface area contributed by atoms with Crippen molar-refractivity contribution in [2.45, 2.75) is 38.1 Å². The average Bonchev–Trinajstić information content (AvgIpc) is 3.33. The Morgan fingerprint density at radius 2 is 2.06 bits per heavy atom. The molecule has 2 aliphatic heterocycles. The summed E-state index contributed by atoms with van der Waals surface area (Å²) >= 11 is 0. The van der Waals surface area contributed by atoms with Crippen molar-refractivity contribution < 1.29 is 22.7 Å². The van der Waals surface area contributed by atoms with Crippen LogP contribution in [0.3, 0.4) is 0 Å². The quantitative estimate of drug-likeness (QED) is 0.714. The number of rotatable bonds is 4. The maximum Gasteiger partial charge on any atom is 0.397 e. The lowest BCUT2D eigenvalue weighted by Crippen LogP contribution is -2.55. The van der Waals surface area contributed by atoms with E-state index in [0.29, 0.717) is 28.7 Å². The molecule has 5 rings (SSSR count). The second-order valence-electron chi connectivity index (χ2n) is 10.7. The zero-order chi connectivity index (χ0) is 25.2. The molecular weight excluding hydrogens is 459 g/mol. The first-order chi connectivity index (χ1) is 16.4. The molecular formula is C25H28F3N5O2. The van der Waals surface area contributed by atoms with Gasteiger partial charge >= 0.3 is 6.18 Å². The van der Waals surface area contributed by atoms with Gasteiger partial charge in [-0.1, -0.05) is 0 Å². The van der Waals surface area contributed by atoms with Gasteiger partial charge in [0, 0.05) is 50.0 Å². The number of nitrogens with one attached hydrogen (secondary N) is 1. The highest BCUT2D eigenvalue weighted by Gasteiger charge is 2.86. The first-order valence-electron chi connectivity index (χ1n) is 11.7. The van der Waals surface area contributed by atoms with Gasteiger partial charge in [-0.2, -0.15) is 18.4 Å². The Labute approximate surface area is 201 Å². The Bertz CT molecular complexity index is 1230. The number of likely N-dealkylation sites (N-methyl/N-ethyl adjacent to an activating group) is 1. The number of nitrogens with zero attached hydrogens (tertiary/aromatic N) is 4. The number of alkyl halides is 3. The maximum atomic E-state index is 14.4. The van der Waals surface area contributed by atoms with Crippen molar-refractivity contribution in [3.63, 3.8) is 0 Å². The summed E-state index contributed by atoms with van der Waals surface area (Å²) in [6.07, 6.45) is -3.50. The molecule has 1 amide bonds. The summed E-state index contributed by atoms with van der Waals surface area (Å²) in [5.41, 5.74) is -2.71. The van der Waals surface area contributed by atoms with Crippen LogP contribution in [0.5, 0.6) is 0 Å². The van der Waals surface area contributed by atoms with E-state index in [4.69, 9.17) is 4.74 Å². The monoisotopic (exact) mass is 487 g/mol.